The standard InChI is InChI=1S/C31H22BrCl2N3O7S2/c1-2-43-30(41)14-3-7-17(8-4-14)37-28(39)24-23(25-27(36-31(42)46-25)45-26(24)29(37)40)18-11-15(32)5-10-21(18)44-13-22(38)35-16-6-9-19(33)20(34)12-16/h3-12,23-24,26H,2,13H2,1H3,(H,35,38)(H,36,42). The molecule has 0 bridgehead atoms. The van der Waals surface area contributed by atoms with E-state index in [1.807, 2.05) is 0 Å². The van der Waals surface area contributed by atoms with E-state index >= 15 is 0 Å². The molecule has 15 heteroatoms. The van der Waals surface area contributed by atoms with Crippen molar-refractivity contribution in [2.75, 3.05) is 23.4 Å². The van der Waals surface area contributed by atoms with E-state index in [2.05, 4.69) is 26.2 Å². The van der Waals surface area contributed by atoms with Gasteiger partial charge in [-0.3, -0.25) is 19.2 Å². The molecule has 0 radical (unpaired) electrons. The van der Waals surface area contributed by atoms with E-state index in [-0.39, 0.29) is 28.7 Å². The molecule has 3 heterocycles. The zero-order valence-corrected chi connectivity index (χ0v) is 28.4. The lowest BCUT2D eigenvalue weighted by molar-refractivity contribution is -0.122. The first-order valence-electron chi connectivity index (χ1n) is 13.8. The number of ether oxygens (including phenoxy) is 2. The average Bonchev–Trinajstić information content (AvgIpc) is 3.52. The van der Waals surface area contributed by atoms with Crippen molar-refractivity contribution in [3.8, 4) is 5.75 Å². The van der Waals surface area contributed by atoms with E-state index in [0.29, 0.717) is 42.1 Å². The smallest absolute Gasteiger partial charge is 0.338 e. The van der Waals surface area contributed by atoms with Crippen LogP contribution in [0.25, 0.3) is 0 Å². The number of carbonyl (C=O) groups is 4. The Balaban J connectivity index is 1.32. The van der Waals surface area contributed by atoms with Crippen LogP contribution in [0.1, 0.15) is 33.6 Å². The summed E-state index contributed by atoms with van der Waals surface area (Å²) in [6.07, 6.45) is 0. The Bertz CT molecular complexity index is 1950. The molecule has 1 saturated heterocycles. The van der Waals surface area contributed by atoms with E-state index in [1.165, 1.54) is 30.3 Å². The lowest BCUT2D eigenvalue weighted by atomic mass is 9.82. The average molecular weight is 763 g/mol. The van der Waals surface area contributed by atoms with E-state index in [0.717, 1.165) is 28.0 Å². The number of esters is 1. The molecule has 3 amide bonds. The Labute approximate surface area is 288 Å². The Kier molecular flexibility index (Phi) is 9.31. The van der Waals surface area contributed by atoms with Crippen LogP contribution in [-0.2, 0) is 19.1 Å². The van der Waals surface area contributed by atoms with Gasteiger partial charge in [-0.1, -0.05) is 62.2 Å². The van der Waals surface area contributed by atoms with Crippen molar-refractivity contribution < 1.29 is 28.7 Å². The molecule has 10 nitrogen and oxygen atoms in total. The van der Waals surface area contributed by atoms with Crippen LogP contribution in [0, 0.1) is 5.92 Å². The molecular weight excluding hydrogens is 741 g/mol. The van der Waals surface area contributed by atoms with Gasteiger partial charge >= 0.3 is 10.8 Å². The number of imide groups is 1. The summed E-state index contributed by atoms with van der Waals surface area (Å²) in [5, 5.41) is 2.96. The van der Waals surface area contributed by atoms with Crippen molar-refractivity contribution in [1.29, 1.82) is 0 Å². The summed E-state index contributed by atoms with van der Waals surface area (Å²) in [6, 6.07) is 15.9. The largest absolute Gasteiger partial charge is 0.483 e. The van der Waals surface area contributed by atoms with Crippen molar-refractivity contribution >= 4 is 97.3 Å². The second-order valence-electron chi connectivity index (χ2n) is 10.2. The normalized spacial score (nSPS) is 18.6. The minimum atomic E-state index is -0.900. The van der Waals surface area contributed by atoms with Gasteiger partial charge in [0.15, 0.2) is 6.61 Å². The number of thioether (sulfide) groups is 1. The molecule has 0 aliphatic carbocycles. The molecule has 3 unspecified atom stereocenters. The fraction of sp³-hybridized carbons (Fsp3) is 0.194. The van der Waals surface area contributed by atoms with Gasteiger partial charge in [0.2, 0.25) is 11.8 Å². The number of amides is 3. The van der Waals surface area contributed by atoms with Gasteiger partial charge in [-0.25, -0.2) is 9.69 Å². The maximum atomic E-state index is 14.2. The van der Waals surface area contributed by atoms with Gasteiger partial charge in [-0.15, -0.1) is 0 Å². The van der Waals surface area contributed by atoms with Gasteiger partial charge in [0.05, 0.1) is 38.8 Å². The molecular formula is C31H22BrCl2N3O7S2. The van der Waals surface area contributed by atoms with Crippen LogP contribution in [0.2, 0.25) is 10.0 Å². The number of aromatic nitrogens is 1. The maximum Gasteiger partial charge on any atom is 0.338 e. The molecule has 0 saturated carbocycles. The number of fused-ring (bicyclic) bond motifs is 2. The van der Waals surface area contributed by atoms with Crippen LogP contribution >= 0.6 is 62.2 Å². The number of nitrogens with zero attached hydrogens (tertiary/aromatic N) is 1. The van der Waals surface area contributed by atoms with Crippen molar-refractivity contribution in [3.63, 3.8) is 0 Å². The SMILES string of the molecule is CCOC(=O)c1ccc(N2C(=O)C3Sc4[nH]c(=O)sc4C(c4cc(Br)ccc4OCC(=O)Nc4ccc(Cl)c(Cl)c4)C3C2=O)cc1. The van der Waals surface area contributed by atoms with Gasteiger partial charge in [0.25, 0.3) is 5.91 Å². The van der Waals surface area contributed by atoms with Gasteiger partial charge in [0, 0.05) is 26.5 Å². The van der Waals surface area contributed by atoms with E-state index in [1.54, 1.807) is 37.3 Å². The van der Waals surface area contributed by atoms with Gasteiger partial charge in [-0.2, -0.15) is 0 Å². The Hall–Kier alpha value is -3.62. The molecule has 0 spiro atoms. The lowest BCUT2D eigenvalue weighted by Crippen LogP contribution is -2.32. The monoisotopic (exact) mass is 761 g/mol. The highest BCUT2D eigenvalue weighted by Crippen LogP contribution is 2.54. The van der Waals surface area contributed by atoms with Gasteiger partial charge < -0.3 is 19.8 Å². The lowest BCUT2D eigenvalue weighted by Gasteiger charge is -2.31. The fourth-order valence-corrected chi connectivity index (χ4v) is 8.56. The van der Waals surface area contributed by atoms with Crippen molar-refractivity contribution in [3.05, 3.63) is 101 Å². The number of nitrogens with one attached hydrogen (secondary N) is 2. The van der Waals surface area contributed by atoms with Crippen LogP contribution in [-0.4, -0.2) is 47.1 Å². The third-order valence-electron chi connectivity index (χ3n) is 7.33. The Morgan fingerprint density at radius 3 is 2.48 bits per heavy atom. The van der Waals surface area contributed by atoms with Crippen molar-refractivity contribution in [1.82, 2.24) is 4.98 Å². The number of thiazole rings is 1. The van der Waals surface area contributed by atoms with Crippen LogP contribution in [0.4, 0.5) is 11.4 Å². The topological polar surface area (TPSA) is 135 Å². The second-order valence-corrected chi connectivity index (χ2v) is 14.1. The van der Waals surface area contributed by atoms with E-state index < -0.39 is 40.8 Å². The summed E-state index contributed by atoms with van der Waals surface area (Å²) >= 11 is 17.6. The summed E-state index contributed by atoms with van der Waals surface area (Å²) in [4.78, 5) is 69.7. The maximum absolute atomic E-state index is 14.2. The van der Waals surface area contributed by atoms with Crippen LogP contribution in [0.5, 0.6) is 5.75 Å². The van der Waals surface area contributed by atoms with E-state index in [4.69, 9.17) is 32.7 Å². The van der Waals surface area contributed by atoms with Crippen LogP contribution < -0.4 is 19.8 Å². The summed E-state index contributed by atoms with van der Waals surface area (Å²) in [7, 11) is 0. The Morgan fingerprint density at radius 1 is 1.00 bits per heavy atom. The highest BCUT2D eigenvalue weighted by Gasteiger charge is 2.57. The summed E-state index contributed by atoms with van der Waals surface area (Å²) in [5.41, 5.74) is 1.54. The number of anilines is 2. The molecule has 4 aromatic rings. The number of aromatic amines is 1. The first kappa shape index (κ1) is 32.3. The van der Waals surface area contributed by atoms with E-state index in [9.17, 15) is 24.0 Å². The minimum Gasteiger partial charge on any atom is -0.483 e. The summed E-state index contributed by atoms with van der Waals surface area (Å²) in [6.45, 7) is 1.53. The molecule has 1 aromatic heterocycles. The van der Waals surface area contributed by atoms with Gasteiger partial charge in [0.1, 0.15) is 11.0 Å². The molecule has 2 aliphatic rings. The number of halogens is 3. The highest BCUT2D eigenvalue weighted by molar-refractivity contribution is 9.10. The number of hydrogen-bond acceptors (Lipinski definition) is 9. The zero-order chi connectivity index (χ0) is 32.7. The third-order valence-corrected chi connectivity index (χ3v) is 11.0. The fourth-order valence-electron chi connectivity index (χ4n) is 5.38. The van der Waals surface area contributed by atoms with Crippen LogP contribution in [0.15, 0.2) is 75.0 Å². The van der Waals surface area contributed by atoms with Crippen LogP contribution in [0.3, 0.4) is 0 Å². The second kappa shape index (κ2) is 13.2. The number of rotatable bonds is 8. The van der Waals surface area contributed by atoms with Crippen molar-refractivity contribution in [2.24, 2.45) is 5.92 Å². The first-order valence-corrected chi connectivity index (χ1v) is 17.0. The third kappa shape index (κ3) is 6.21. The molecule has 236 valence electrons. The highest BCUT2D eigenvalue weighted by atomic mass is 79.9. The van der Waals surface area contributed by atoms with Crippen molar-refractivity contribution in [2.45, 2.75) is 23.1 Å². The molecule has 46 heavy (non-hydrogen) atoms. The predicted molar refractivity (Wildman–Crippen MR) is 180 cm³/mol. The number of H-pyrrole nitrogens is 1. The predicted octanol–water partition coefficient (Wildman–Crippen LogP) is 6.50. The molecule has 2 N–H and O–H groups in total. The molecule has 3 atom stereocenters. The quantitative estimate of drug-likeness (QED) is 0.154. The Morgan fingerprint density at radius 2 is 1.76 bits per heavy atom. The molecule has 1 fully saturated rings. The zero-order valence-electron chi connectivity index (χ0n) is 23.7. The minimum absolute atomic E-state index is 0.209. The summed E-state index contributed by atoms with van der Waals surface area (Å²) < 4.78 is 11.7. The number of benzene rings is 3. The molecule has 6 rings (SSSR count). The number of carbonyl (C=O) groups excluding carboxylic acids is 4. The molecule has 2 aliphatic heterocycles. The first-order chi connectivity index (χ1) is 22.0. The number of hydrogen-bond donors (Lipinski definition) is 2. The summed E-state index contributed by atoms with van der Waals surface area (Å²) in [5.74, 6) is -3.26. The van der Waals surface area contributed by atoms with Gasteiger partial charge in [-0.05, 0) is 67.6 Å². The molecule has 3 aromatic carbocycles.